The molecule has 6 rings (SSSR count). The molecule has 38 heavy (non-hydrogen) atoms. The Morgan fingerprint density at radius 3 is 2.32 bits per heavy atom. The van der Waals surface area contributed by atoms with Crippen LogP contribution in [0.2, 0.25) is 5.02 Å². The van der Waals surface area contributed by atoms with Crippen molar-refractivity contribution in [2.45, 2.75) is 33.3 Å². The molecule has 0 radical (unpaired) electrons. The van der Waals surface area contributed by atoms with E-state index in [1.807, 2.05) is 68.4 Å². The van der Waals surface area contributed by atoms with Crippen LogP contribution in [0.4, 0.5) is 17.1 Å². The van der Waals surface area contributed by atoms with Crippen molar-refractivity contribution < 1.29 is 14.3 Å². The maximum atomic E-state index is 13.2. The van der Waals surface area contributed by atoms with Crippen LogP contribution in [0.1, 0.15) is 52.0 Å². The first-order valence-corrected chi connectivity index (χ1v) is 13.3. The lowest BCUT2D eigenvalue weighted by Crippen LogP contribution is -2.33. The van der Waals surface area contributed by atoms with Crippen molar-refractivity contribution in [3.63, 3.8) is 0 Å². The van der Waals surface area contributed by atoms with Gasteiger partial charge in [-0.15, -0.1) is 0 Å². The van der Waals surface area contributed by atoms with E-state index in [-0.39, 0.29) is 5.97 Å². The van der Waals surface area contributed by atoms with Gasteiger partial charge in [-0.05, 0) is 87.4 Å². The Morgan fingerprint density at radius 2 is 1.55 bits per heavy atom. The highest BCUT2D eigenvalue weighted by atomic mass is 35.5. The number of nitrogens with one attached hydrogen (secondary N) is 1. The van der Waals surface area contributed by atoms with Gasteiger partial charge in [0.15, 0.2) is 5.60 Å². The van der Waals surface area contributed by atoms with Gasteiger partial charge in [-0.2, -0.15) is 0 Å². The summed E-state index contributed by atoms with van der Waals surface area (Å²) in [7, 11) is 0. The number of benzene rings is 4. The summed E-state index contributed by atoms with van der Waals surface area (Å²) in [6, 6.07) is 23.7. The third kappa shape index (κ3) is 3.64. The van der Waals surface area contributed by atoms with Gasteiger partial charge >= 0.3 is 5.97 Å². The SMILES string of the molecule is CCN(CC)c1ccc2c(c1)Oc1cc(C)c(Nc3ccc(Cl)cc3C)cc1C21OC(=O)c2ccccc21. The van der Waals surface area contributed by atoms with Crippen LogP contribution in [-0.2, 0) is 10.3 Å². The average Bonchev–Trinajstić information content (AvgIpc) is 3.20. The second-order valence-corrected chi connectivity index (χ2v) is 10.3. The maximum absolute atomic E-state index is 13.2. The van der Waals surface area contributed by atoms with Gasteiger partial charge in [0.25, 0.3) is 0 Å². The van der Waals surface area contributed by atoms with Gasteiger partial charge in [-0.3, -0.25) is 0 Å². The maximum Gasteiger partial charge on any atom is 0.340 e. The largest absolute Gasteiger partial charge is 0.456 e. The fourth-order valence-electron chi connectivity index (χ4n) is 5.64. The van der Waals surface area contributed by atoms with Gasteiger partial charge in [-0.25, -0.2) is 4.79 Å². The number of anilines is 3. The van der Waals surface area contributed by atoms with E-state index in [1.165, 1.54) is 0 Å². The number of carbonyl (C=O) groups is 1. The topological polar surface area (TPSA) is 50.8 Å². The second kappa shape index (κ2) is 9.10. The molecule has 0 aliphatic carbocycles. The third-order valence-electron chi connectivity index (χ3n) is 7.63. The highest BCUT2D eigenvalue weighted by Gasteiger charge is 2.53. The summed E-state index contributed by atoms with van der Waals surface area (Å²) in [6.07, 6.45) is 0. The van der Waals surface area contributed by atoms with E-state index < -0.39 is 5.60 Å². The zero-order valence-electron chi connectivity index (χ0n) is 21.9. The molecule has 0 saturated heterocycles. The molecular weight excluding hydrogens is 496 g/mol. The molecule has 4 aromatic rings. The summed E-state index contributed by atoms with van der Waals surface area (Å²) in [6.45, 7) is 10.1. The minimum atomic E-state index is -1.11. The van der Waals surface area contributed by atoms with E-state index in [9.17, 15) is 4.79 Å². The lowest BCUT2D eigenvalue weighted by Gasteiger charge is -2.37. The number of halogens is 1. The molecule has 0 saturated carbocycles. The van der Waals surface area contributed by atoms with Crippen molar-refractivity contribution in [3.05, 3.63) is 111 Å². The van der Waals surface area contributed by atoms with Crippen LogP contribution >= 0.6 is 11.6 Å². The van der Waals surface area contributed by atoms with Crippen LogP contribution in [0, 0.1) is 13.8 Å². The predicted octanol–water partition coefficient (Wildman–Crippen LogP) is 8.11. The molecule has 0 amide bonds. The predicted molar refractivity (Wildman–Crippen MR) is 152 cm³/mol. The summed E-state index contributed by atoms with van der Waals surface area (Å²) >= 11 is 6.19. The van der Waals surface area contributed by atoms with Gasteiger partial charge < -0.3 is 19.7 Å². The van der Waals surface area contributed by atoms with Crippen LogP contribution in [0.15, 0.2) is 72.8 Å². The third-order valence-corrected chi connectivity index (χ3v) is 7.86. The molecular formula is C32H29ClN2O3. The van der Waals surface area contributed by atoms with E-state index in [0.717, 1.165) is 58.0 Å². The Hall–Kier alpha value is -3.96. The van der Waals surface area contributed by atoms with Crippen molar-refractivity contribution in [2.24, 2.45) is 0 Å². The van der Waals surface area contributed by atoms with Gasteiger partial charge in [0.2, 0.25) is 0 Å². The number of fused-ring (bicyclic) bond motifs is 6. The van der Waals surface area contributed by atoms with Gasteiger partial charge in [0.05, 0.1) is 5.56 Å². The molecule has 2 heterocycles. The molecule has 1 unspecified atom stereocenters. The Balaban J connectivity index is 1.57. The summed E-state index contributed by atoms with van der Waals surface area (Å²) < 4.78 is 12.9. The molecule has 2 aliphatic rings. The highest BCUT2D eigenvalue weighted by molar-refractivity contribution is 6.30. The van der Waals surface area contributed by atoms with Crippen LogP contribution in [0.3, 0.4) is 0 Å². The quantitative estimate of drug-likeness (QED) is 0.267. The number of aryl methyl sites for hydroxylation is 2. The van der Waals surface area contributed by atoms with Crippen LogP contribution in [0.25, 0.3) is 0 Å². The fourth-order valence-corrected chi connectivity index (χ4v) is 5.87. The monoisotopic (exact) mass is 524 g/mol. The molecule has 6 heteroatoms. The minimum Gasteiger partial charge on any atom is -0.456 e. The summed E-state index contributed by atoms with van der Waals surface area (Å²) in [5.41, 5.74) is 6.86. The first-order chi connectivity index (χ1) is 18.3. The van der Waals surface area contributed by atoms with Gasteiger partial charge in [-0.1, -0.05) is 29.8 Å². The lowest BCUT2D eigenvalue weighted by molar-refractivity contribution is 0.0224. The molecule has 192 valence electrons. The van der Waals surface area contributed by atoms with Crippen molar-refractivity contribution >= 4 is 34.6 Å². The number of carbonyl (C=O) groups excluding carboxylic acids is 1. The molecule has 2 aliphatic heterocycles. The smallest absolute Gasteiger partial charge is 0.340 e. The van der Waals surface area contributed by atoms with Crippen molar-refractivity contribution in [2.75, 3.05) is 23.3 Å². The molecule has 0 fully saturated rings. The summed E-state index contributed by atoms with van der Waals surface area (Å²) in [5.74, 6) is 1.03. The average molecular weight is 525 g/mol. The minimum absolute atomic E-state index is 0.337. The second-order valence-electron chi connectivity index (χ2n) is 9.82. The van der Waals surface area contributed by atoms with Crippen molar-refractivity contribution in [1.82, 2.24) is 0 Å². The summed E-state index contributed by atoms with van der Waals surface area (Å²) in [4.78, 5) is 15.5. The standard InChI is InChI=1S/C32H29ClN2O3/c1-5-35(6-2)22-12-13-25-30(17-22)37-29-16-20(4)28(34-27-14-11-21(33)15-19(27)3)18-26(29)32(25)24-10-8-7-9-23(24)31(36)38-32/h7-18,34H,5-6H2,1-4H3. The van der Waals surface area contributed by atoms with Crippen molar-refractivity contribution in [1.29, 1.82) is 0 Å². The van der Waals surface area contributed by atoms with Crippen molar-refractivity contribution in [3.8, 4) is 11.5 Å². The number of rotatable bonds is 5. The number of hydrogen-bond acceptors (Lipinski definition) is 5. The van der Waals surface area contributed by atoms with Gasteiger partial charge in [0, 0.05) is 57.9 Å². The van der Waals surface area contributed by atoms with E-state index in [0.29, 0.717) is 22.1 Å². The van der Waals surface area contributed by atoms with E-state index in [4.69, 9.17) is 21.1 Å². The Bertz CT molecular complexity index is 1590. The molecule has 1 atom stereocenters. The lowest BCUT2D eigenvalue weighted by atomic mass is 9.77. The van der Waals surface area contributed by atoms with E-state index >= 15 is 0 Å². The van der Waals surface area contributed by atoms with Crippen LogP contribution in [-0.4, -0.2) is 19.1 Å². The van der Waals surface area contributed by atoms with E-state index in [2.05, 4.69) is 42.3 Å². The number of ether oxygens (including phenoxy) is 2. The Labute approximate surface area is 228 Å². The normalized spacial score (nSPS) is 16.8. The first kappa shape index (κ1) is 24.4. The zero-order chi connectivity index (χ0) is 26.6. The number of esters is 1. The van der Waals surface area contributed by atoms with Crippen LogP contribution in [0.5, 0.6) is 11.5 Å². The number of hydrogen-bond donors (Lipinski definition) is 1. The number of nitrogens with zero attached hydrogens (tertiary/aromatic N) is 1. The molecule has 1 N–H and O–H groups in total. The molecule has 1 spiro atoms. The summed E-state index contributed by atoms with van der Waals surface area (Å²) in [5, 5.41) is 4.25. The first-order valence-electron chi connectivity index (χ1n) is 12.9. The molecule has 4 aromatic carbocycles. The molecule has 0 bridgehead atoms. The Kier molecular flexibility index (Phi) is 5.84. The van der Waals surface area contributed by atoms with Gasteiger partial charge in [0.1, 0.15) is 11.5 Å². The van der Waals surface area contributed by atoms with E-state index in [1.54, 1.807) is 0 Å². The zero-order valence-corrected chi connectivity index (χ0v) is 22.6. The van der Waals surface area contributed by atoms with Crippen LogP contribution < -0.4 is 15.0 Å². The fraction of sp³-hybridized carbons (Fsp3) is 0.219. The molecule has 0 aromatic heterocycles. The Morgan fingerprint density at radius 1 is 0.816 bits per heavy atom. The highest BCUT2D eigenvalue weighted by Crippen LogP contribution is 2.57. The molecule has 5 nitrogen and oxygen atoms in total.